The molecule has 5 heteroatoms. The molecule has 3 nitrogen and oxygen atoms in total. The molecule has 4 heterocycles. The van der Waals surface area contributed by atoms with E-state index in [1.165, 1.54) is 148 Å². The SMILES string of the molecule is CC(C)(C)c1ccc(Nc2cc3sc4cc5ccccc5cc4c3cc2-c2cc3c(oc4ccccc43)c3c2Bc2cc(C45CC6CC7CC(C4)C5C76)cc4c5cc(C67CC8CC9CC(C6)C7C98)ccc5n-3c24)cc1. The van der Waals surface area contributed by atoms with Crippen LogP contribution in [-0.4, -0.2) is 11.8 Å². The van der Waals surface area contributed by atoms with E-state index in [0.717, 1.165) is 89.0 Å². The van der Waals surface area contributed by atoms with Crippen LogP contribution in [0.1, 0.15) is 88.8 Å². The molecule has 0 amide bonds. The number of furan rings is 1. The van der Waals surface area contributed by atoms with Gasteiger partial charge in [-0.25, -0.2) is 0 Å². The molecule has 8 aliphatic carbocycles. The van der Waals surface area contributed by atoms with Gasteiger partial charge in [0, 0.05) is 64.2 Å². The van der Waals surface area contributed by atoms with Crippen molar-refractivity contribution in [2.45, 2.75) is 88.4 Å². The smallest absolute Gasteiger partial charge is 0.198 e. The summed E-state index contributed by atoms with van der Waals surface area (Å²) in [6.45, 7) is 6.92. The van der Waals surface area contributed by atoms with Crippen LogP contribution in [0.15, 0.2) is 138 Å². The second-order valence-corrected chi connectivity index (χ2v) is 28.6. The topological polar surface area (TPSA) is 30.1 Å². The number of anilines is 2. The molecule has 8 aromatic carbocycles. The zero-order chi connectivity index (χ0) is 48.7. The third kappa shape index (κ3) is 4.88. The highest BCUT2D eigenvalue weighted by molar-refractivity contribution is 7.26. The fraction of sp³-hybridized carbons (Fsp3) is 0.343. The first-order valence-corrected chi connectivity index (χ1v) is 29.8. The van der Waals surface area contributed by atoms with E-state index in [1.54, 1.807) is 11.1 Å². The van der Waals surface area contributed by atoms with Crippen LogP contribution in [0.3, 0.4) is 0 Å². The highest BCUT2D eigenvalue weighted by atomic mass is 32.1. The second kappa shape index (κ2) is 13.3. The summed E-state index contributed by atoms with van der Waals surface area (Å²) in [6.07, 6.45) is 11.7. The first-order chi connectivity index (χ1) is 36.6. The molecule has 12 atom stereocenters. The van der Waals surface area contributed by atoms with E-state index >= 15 is 0 Å². The molecule has 0 radical (unpaired) electrons. The molecule has 0 spiro atoms. The maximum atomic E-state index is 7.27. The third-order valence-corrected chi connectivity index (χ3v) is 24.6. The zero-order valence-electron chi connectivity index (χ0n) is 43.1. The normalized spacial score (nSPS) is 31.7. The average Bonchev–Trinajstić information content (AvgIpc) is 4.22. The lowest BCUT2D eigenvalue weighted by molar-refractivity contribution is 0.0684. The second-order valence-electron chi connectivity index (χ2n) is 27.5. The lowest BCUT2D eigenvalue weighted by Crippen LogP contribution is -2.48. The van der Waals surface area contributed by atoms with E-state index in [4.69, 9.17) is 4.42 Å². The van der Waals surface area contributed by atoms with E-state index < -0.39 is 0 Å². The van der Waals surface area contributed by atoms with Gasteiger partial charge in [0.15, 0.2) is 12.9 Å². The molecule has 75 heavy (non-hydrogen) atoms. The van der Waals surface area contributed by atoms with Crippen molar-refractivity contribution in [2.24, 2.45) is 59.2 Å². The minimum absolute atomic E-state index is 0.0729. The molecular formula is C70H59BN2OS. The highest BCUT2D eigenvalue weighted by Gasteiger charge is 2.74. The monoisotopic (exact) mass is 986 g/mol. The summed E-state index contributed by atoms with van der Waals surface area (Å²) in [5.41, 5.74) is 19.2. The van der Waals surface area contributed by atoms with Crippen LogP contribution in [0.2, 0.25) is 0 Å². The van der Waals surface area contributed by atoms with Crippen LogP contribution in [0.25, 0.3) is 91.5 Å². The lowest BCUT2D eigenvalue weighted by Gasteiger charge is -2.51. The van der Waals surface area contributed by atoms with E-state index in [9.17, 15) is 0 Å². The fourth-order valence-electron chi connectivity index (χ4n) is 20.7. The van der Waals surface area contributed by atoms with Gasteiger partial charge in [-0.2, -0.15) is 0 Å². The number of nitrogens with one attached hydrogen (secondary N) is 1. The van der Waals surface area contributed by atoms with Crippen LogP contribution in [0.5, 0.6) is 0 Å². The van der Waals surface area contributed by atoms with Crippen molar-refractivity contribution in [1.82, 2.24) is 4.57 Å². The van der Waals surface area contributed by atoms with Crippen LogP contribution in [0, 0.1) is 59.2 Å². The Kier molecular flexibility index (Phi) is 7.24. The van der Waals surface area contributed by atoms with Crippen molar-refractivity contribution in [1.29, 1.82) is 0 Å². The van der Waals surface area contributed by atoms with Crippen molar-refractivity contribution in [3.63, 3.8) is 0 Å². The van der Waals surface area contributed by atoms with Gasteiger partial charge >= 0.3 is 0 Å². The van der Waals surface area contributed by atoms with Crippen LogP contribution in [-0.2, 0) is 16.2 Å². The number of hydrogen-bond donors (Lipinski definition) is 1. The maximum absolute atomic E-state index is 7.27. The highest BCUT2D eigenvalue weighted by Crippen LogP contribution is 2.80. The number of fused-ring (bicyclic) bond motifs is 13. The summed E-state index contributed by atoms with van der Waals surface area (Å²) < 4.78 is 12.7. The quantitative estimate of drug-likeness (QED) is 0.174. The molecule has 20 rings (SSSR count). The number of para-hydroxylation sites is 1. The van der Waals surface area contributed by atoms with Gasteiger partial charge < -0.3 is 14.3 Å². The maximum Gasteiger partial charge on any atom is 0.198 e. The number of nitrogens with zero attached hydrogens (tertiary/aromatic N) is 1. The Morgan fingerprint density at radius 2 is 1.23 bits per heavy atom. The predicted molar refractivity (Wildman–Crippen MR) is 314 cm³/mol. The fourth-order valence-corrected chi connectivity index (χ4v) is 21.9. The molecule has 3 aromatic heterocycles. The molecule has 8 saturated carbocycles. The first kappa shape index (κ1) is 40.9. The van der Waals surface area contributed by atoms with Crippen LogP contribution in [0.4, 0.5) is 11.4 Å². The van der Waals surface area contributed by atoms with Gasteiger partial charge in [0.2, 0.25) is 0 Å². The number of aromatic nitrogens is 1. The summed E-state index contributed by atoms with van der Waals surface area (Å²) >= 11 is 1.92. The number of thiophene rings is 1. The van der Waals surface area contributed by atoms with Crippen molar-refractivity contribution in [2.75, 3.05) is 5.32 Å². The molecular weight excluding hydrogens is 928 g/mol. The predicted octanol–water partition coefficient (Wildman–Crippen LogP) is 16.5. The first-order valence-electron chi connectivity index (χ1n) is 29.0. The minimum Gasteiger partial charge on any atom is -0.454 e. The van der Waals surface area contributed by atoms with Gasteiger partial charge in [0.05, 0.1) is 11.2 Å². The summed E-state index contributed by atoms with van der Waals surface area (Å²) in [7, 11) is 0.871. The van der Waals surface area contributed by atoms with Crippen molar-refractivity contribution in [3.8, 4) is 16.8 Å². The van der Waals surface area contributed by atoms with E-state index in [2.05, 4.69) is 164 Å². The Morgan fingerprint density at radius 3 is 2.00 bits per heavy atom. The Morgan fingerprint density at radius 1 is 0.573 bits per heavy atom. The van der Waals surface area contributed by atoms with Crippen LogP contribution < -0.4 is 16.2 Å². The Bertz CT molecular complexity index is 4470. The molecule has 1 aliphatic heterocycles. The molecule has 364 valence electrons. The summed E-state index contributed by atoms with van der Waals surface area (Å²) in [4.78, 5) is 0. The van der Waals surface area contributed by atoms with E-state index in [0.29, 0.717) is 10.8 Å². The number of rotatable bonds is 5. The molecule has 8 fully saturated rings. The van der Waals surface area contributed by atoms with E-state index in [-0.39, 0.29) is 5.41 Å². The van der Waals surface area contributed by atoms with Gasteiger partial charge in [0.25, 0.3) is 0 Å². The summed E-state index contributed by atoms with van der Waals surface area (Å²) in [5, 5.41) is 14.7. The van der Waals surface area contributed by atoms with Crippen LogP contribution >= 0.6 is 11.3 Å². The van der Waals surface area contributed by atoms with Gasteiger partial charge in [-0.05, 0) is 232 Å². The molecule has 9 aliphatic rings. The van der Waals surface area contributed by atoms with E-state index in [1.807, 2.05) is 11.3 Å². The van der Waals surface area contributed by atoms with Gasteiger partial charge in [-0.3, -0.25) is 0 Å². The number of benzene rings is 8. The van der Waals surface area contributed by atoms with Gasteiger partial charge in [-0.1, -0.05) is 93.0 Å². The van der Waals surface area contributed by atoms with Gasteiger partial charge in [0.1, 0.15) is 5.58 Å². The van der Waals surface area contributed by atoms with Crippen molar-refractivity contribution < 1.29 is 4.42 Å². The Balaban J connectivity index is 0.871. The summed E-state index contributed by atoms with van der Waals surface area (Å²) in [5.74, 6) is 9.60. The summed E-state index contributed by atoms with van der Waals surface area (Å²) in [6, 6.07) is 52.9. The lowest BCUT2D eigenvalue weighted by atomic mass is 9.51. The standard InChI is InChI=1S/C70H59BN2OS/c1-68(2,3)42-12-15-45(16-13-42)72-55-29-59-50(49-22-34-8-4-5-9-35(34)23-58(49)75-59)27-47(55)51-28-53-46-10-6-7-11-57(46)74-67(53)66-64(51)71-54-26-44(70-31-39-19-37-21-41(33-70)63(70)61(37)39)25-52-48-24-43(14-17-56(48)73(66)65(52)54)69-30-38-18-36-20-40(32-69)62(69)60(36)38/h4-17,22-29,36-41,60-63,71-72H,18-21,30-33H2,1-3H3. The molecule has 0 bridgehead atoms. The van der Waals surface area contributed by atoms with Crippen molar-refractivity contribution >= 4 is 116 Å². The van der Waals surface area contributed by atoms with Crippen molar-refractivity contribution in [3.05, 3.63) is 150 Å². The Hall–Kier alpha value is -6.30. The van der Waals surface area contributed by atoms with Gasteiger partial charge in [-0.15, -0.1) is 11.3 Å². The Labute approximate surface area is 441 Å². The average molecular weight is 987 g/mol. The molecule has 12 unspecified atom stereocenters. The minimum atomic E-state index is 0.0729. The molecule has 11 aromatic rings. The molecule has 0 saturated heterocycles. The molecule has 1 N–H and O–H groups in total. The number of hydrogen-bond acceptors (Lipinski definition) is 3. The third-order valence-electron chi connectivity index (χ3n) is 23.5. The largest absolute Gasteiger partial charge is 0.454 e. The zero-order valence-corrected chi connectivity index (χ0v) is 43.9.